The van der Waals surface area contributed by atoms with Gasteiger partial charge in [-0.15, -0.1) is 0 Å². The second-order valence-electron chi connectivity index (χ2n) is 3.67. The van der Waals surface area contributed by atoms with Crippen molar-refractivity contribution in [3.63, 3.8) is 0 Å². The van der Waals surface area contributed by atoms with Gasteiger partial charge in [0.2, 0.25) is 0 Å². The minimum absolute atomic E-state index is 0.215. The molecule has 0 aliphatic heterocycles. The third kappa shape index (κ3) is 1.85. The minimum atomic E-state index is -0.965. The number of hydrogen-bond acceptors (Lipinski definition) is 2. The summed E-state index contributed by atoms with van der Waals surface area (Å²) in [5.41, 5.74) is 1.69. The van der Waals surface area contributed by atoms with Gasteiger partial charge in [0.05, 0.1) is 12.1 Å². The van der Waals surface area contributed by atoms with Gasteiger partial charge in [-0.1, -0.05) is 18.5 Å². The van der Waals surface area contributed by atoms with E-state index in [0.717, 1.165) is 10.9 Å². The first-order chi connectivity index (χ1) is 8.08. The van der Waals surface area contributed by atoms with Crippen molar-refractivity contribution >= 4 is 28.5 Å². The van der Waals surface area contributed by atoms with E-state index in [1.54, 1.807) is 12.1 Å². The summed E-state index contributed by atoms with van der Waals surface area (Å²) in [7, 11) is 1.53. The molecule has 0 aliphatic rings. The largest absolute Gasteiger partial charge is 0.495 e. The van der Waals surface area contributed by atoms with Gasteiger partial charge in [-0.2, -0.15) is 0 Å². The van der Waals surface area contributed by atoms with Gasteiger partial charge in [0.15, 0.2) is 0 Å². The molecule has 2 rings (SSSR count). The molecule has 0 aliphatic carbocycles. The van der Waals surface area contributed by atoms with Gasteiger partial charge in [0.25, 0.3) is 0 Å². The predicted molar refractivity (Wildman–Crippen MR) is 66.2 cm³/mol. The fourth-order valence-electron chi connectivity index (χ4n) is 1.96. The number of aromatic nitrogens is 1. The van der Waals surface area contributed by atoms with Crippen LogP contribution in [-0.4, -0.2) is 23.2 Å². The smallest absolute Gasteiger partial charge is 0.352 e. The average molecular weight is 254 g/mol. The van der Waals surface area contributed by atoms with E-state index in [1.807, 2.05) is 6.92 Å². The van der Waals surface area contributed by atoms with E-state index in [0.29, 0.717) is 22.7 Å². The van der Waals surface area contributed by atoms with Gasteiger partial charge in [0.1, 0.15) is 11.4 Å². The first-order valence-electron chi connectivity index (χ1n) is 5.19. The van der Waals surface area contributed by atoms with Crippen LogP contribution < -0.4 is 4.74 Å². The average Bonchev–Trinajstić information content (AvgIpc) is 2.65. The van der Waals surface area contributed by atoms with Crippen LogP contribution in [0, 0.1) is 0 Å². The number of aromatic carboxylic acids is 1. The highest BCUT2D eigenvalue weighted by atomic mass is 35.5. The van der Waals surface area contributed by atoms with E-state index < -0.39 is 5.97 Å². The zero-order chi connectivity index (χ0) is 12.6. The van der Waals surface area contributed by atoms with Gasteiger partial charge >= 0.3 is 5.97 Å². The zero-order valence-electron chi connectivity index (χ0n) is 9.50. The lowest BCUT2D eigenvalue weighted by Crippen LogP contribution is -2.00. The van der Waals surface area contributed by atoms with Crippen molar-refractivity contribution in [1.29, 1.82) is 0 Å². The summed E-state index contributed by atoms with van der Waals surface area (Å²) in [6, 6.07) is 3.45. The van der Waals surface area contributed by atoms with E-state index >= 15 is 0 Å². The van der Waals surface area contributed by atoms with Crippen molar-refractivity contribution in [2.75, 3.05) is 7.11 Å². The molecule has 1 aromatic heterocycles. The molecule has 2 N–H and O–H groups in total. The van der Waals surface area contributed by atoms with Gasteiger partial charge in [-0.25, -0.2) is 4.79 Å². The number of ether oxygens (including phenoxy) is 1. The maximum Gasteiger partial charge on any atom is 0.352 e. The first kappa shape index (κ1) is 11.8. The molecule has 0 amide bonds. The number of aryl methyl sites for hydroxylation is 1. The Morgan fingerprint density at radius 1 is 1.53 bits per heavy atom. The summed E-state index contributed by atoms with van der Waals surface area (Å²) in [6.07, 6.45) is 0.631. The second kappa shape index (κ2) is 4.30. The number of fused-ring (bicyclic) bond motifs is 1. The Morgan fingerprint density at radius 3 is 2.76 bits per heavy atom. The Hall–Kier alpha value is -1.68. The van der Waals surface area contributed by atoms with Crippen LogP contribution in [0.25, 0.3) is 10.9 Å². The molecular weight excluding hydrogens is 242 g/mol. The predicted octanol–water partition coefficient (Wildman–Crippen LogP) is 3.09. The highest BCUT2D eigenvalue weighted by Crippen LogP contribution is 2.33. The molecule has 0 atom stereocenters. The van der Waals surface area contributed by atoms with Crippen LogP contribution in [0.15, 0.2) is 12.1 Å². The summed E-state index contributed by atoms with van der Waals surface area (Å²) < 4.78 is 5.13. The first-order valence-corrected chi connectivity index (χ1v) is 5.57. The zero-order valence-corrected chi connectivity index (χ0v) is 10.3. The number of rotatable bonds is 3. The maximum atomic E-state index is 11.1. The lowest BCUT2D eigenvalue weighted by molar-refractivity contribution is 0.0690. The van der Waals surface area contributed by atoms with Crippen LogP contribution in [0.4, 0.5) is 0 Å². The fraction of sp³-hybridized carbons (Fsp3) is 0.250. The van der Waals surface area contributed by atoms with E-state index in [4.69, 9.17) is 21.4 Å². The van der Waals surface area contributed by atoms with Crippen LogP contribution >= 0.6 is 11.6 Å². The molecule has 0 spiro atoms. The standard InChI is InChI=1S/C12H12ClNO3/c1-3-6-7-4-10(17-2)8(13)5-9(7)14-11(6)12(15)16/h4-5,14H,3H2,1-2H3,(H,15,16). The fourth-order valence-corrected chi connectivity index (χ4v) is 2.20. The van der Waals surface area contributed by atoms with Crippen LogP contribution in [-0.2, 0) is 6.42 Å². The molecule has 2 aromatic rings. The molecule has 1 aromatic carbocycles. The van der Waals surface area contributed by atoms with Gasteiger partial charge in [-0.05, 0) is 24.1 Å². The summed E-state index contributed by atoms with van der Waals surface area (Å²) >= 11 is 6.00. The number of hydrogen-bond donors (Lipinski definition) is 2. The monoisotopic (exact) mass is 253 g/mol. The molecule has 0 radical (unpaired) electrons. The van der Waals surface area contributed by atoms with Crippen LogP contribution in [0.1, 0.15) is 23.0 Å². The summed E-state index contributed by atoms with van der Waals surface area (Å²) in [6.45, 7) is 1.91. The van der Waals surface area contributed by atoms with Gasteiger partial charge in [-0.3, -0.25) is 0 Å². The molecule has 4 nitrogen and oxygen atoms in total. The van der Waals surface area contributed by atoms with Crippen molar-refractivity contribution in [2.45, 2.75) is 13.3 Å². The van der Waals surface area contributed by atoms with E-state index in [1.165, 1.54) is 7.11 Å². The van der Waals surface area contributed by atoms with Crippen molar-refractivity contribution in [1.82, 2.24) is 4.98 Å². The Balaban J connectivity index is 2.78. The normalized spacial score (nSPS) is 10.8. The molecule has 17 heavy (non-hydrogen) atoms. The number of benzene rings is 1. The number of methoxy groups -OCH3 is 1. The Bertz CT molecular complexity index is 589. The molecule has 0 bridgehead atoms. The van der Waals surface area contributed by atoms with Gasteiger partial charge < -0.3 is 14.8 Å². The number of carboxylic acids is 1. The molecule has 1 heterocycles. The van der Waals surface area contributed by atoms with E-state index in [2.05, 4.69) is 4.98 Å². The topological polar surface area (TPSA) is 62.3 Å². The van der Waals surface area contributed by atoms with Gasteiger partial charge in [0, 0.05) is 10.9 Å². The van der Waals surface area contributed by atoms with Crippen molar-refractivity contribution < 1.29 is 14.6 Å². The third-order valence-electron chi connectivity index (χ3n) is 2.75. The number of carbonyl (C=O) groups is 1. The number of nitrogens with one attached hydrogen (secondary N) is 1. The number of H-pyrrole nitrogens is 1. The summed E-state index contributed by atoms with van der Waals surface area (Å²) in [4.78, 5) is 14.0. The number of aromatic amines is 1. The highest BCUT2D eigenvalue weighted by Gasteiger charge is 2.17. The SMILES string of the molecule is CCc1c(C(=O)O)[nH]c2cc(Cl)c(OC)cc12. The minimum Gasteiger partial charge on any atom is -0.495 e. The highest BCUT2D eigenvalue weighted by molar-refractivity contribution is 6.32. The molecule has 5 heteroatoms. The van der Waals surface area contributed by atoms with Crippen LogP contribution in [0.5, 0.6) is 5.75 Å². The lowest BCUT2D eigenvalue weighted by atomic mass is 10.1. The Labute approximate surface area is 103 Å². The van der Waals surface area contributed by atoms with Crippen molar-refractivity contribution in [2.24, 2.45) is 0 Å². The molecule has 90 valence electrons. The molecule has 0 saturated carbocycles. The Morgan fingerprint density at radius 2 is 2.24 bits per heavy atom. The molecule has 0 unspecified atom stereocenters. The Kier molecular flexibility index (Phi) is 2.98. The van der Waals surface area contributed by atoms with E-state index in [-0.39, 0.29) is 5.69 Å². The summed E-state index contributed by atoms with van der Waals surface area (Å²) in [5.74, 6) is -0.419. The third-order valence-corrected chi connectivity index (χ3v) is 3.04. The van der Waals surface area contributed by atoms with Crippen LogP contribution in [0.3, 0.4) is 0 Å². The summed E-state index contributed by atoms with van der Waals surface area (Å²) in [5, 5.41) is 10.4. The van der Waals surface area contributed by atoms with Crippen LogP contribution in [0.2, 0.25) is 5.02 Å². The maximum absolute atomic E-state index is 11.1. The van der Waals surface area contributed by atoms with E-state index in [9.17, 15) is 4.79 Å². The molecular formula is C12H12ClNO3. The second-order valence-corrected chi connectivity index (χ2v) is 4.08. The quantitative estimate of drug-likeness (QED) is 0.884. The lowest BCUT2D eigenvalue weighted by Gasteiger charge is -2.03. The molecule has 0 saturated heterocycles. The van der Waals surface area contributed by atoms with Crippen molar-refractivity contribution in [3.05, 3.63) is 28.4 Å². The number of halogens is 1. The number of carboxylic acid groups (broad SMARTS) is 1. The molecule has 0 fully saturated rings. The van der Waals surface area contributed by atoms with Crippen molar-refractivity contribution in [3.8, 4) is 5.75 Å².